The van der Waals surface area contributed by atoms with Crippen LogP contribution >= 0.6 is 0 Å². The second kappa shape index (κ2) is 9.19. The number of nitrogens with one attached hydrogen (secondary N) is 1. The second-order valence-electron chi connectivity index (χ2n) is 7.82. The van der Waals surface area contributed by atoms with Gasteiger partial charge in [-0.15, -0.1) is 0 Å². The topological polar surface area (TPSA) is 70.5 Å². The van der Waals surface area contributed by atoms with Crippen molar-refractivity contribution in [2.45, 2.75) is 12.6 Å². The SMILES string of the molecule is CN1CCN(CC(NC(=O)Cn2ncc(=O)c3ccccc32)c2ccccc2)CC1. The lowest BCUT2D eigenvalue weighted by atomic mass is 10.1. The number of benzene rings is 2. The molecule has 0 bridgehead atoms. The summed E-state index contributed by atoms with van der Waals surface area (Å²) in [5.41, 5.74) is 1.61. The standard InChI is InChI=1S/C23H27N5O2/c1-26-11-13-27(14-12-26)16-20(18-7-3-2-4-8-18)25-23(30)17-28-21-10-6-5-9-19(21)22(29)15-24-28/h2-10,15,20H,11-14,16-17H2,1H3,(H,25,30). The van der Waals surface area contributed by atoms with Crippen molar-refractivity contribution in [2.24, 2.45) is 0 Å². The number of aromatic nitrogens is 2. The van der Waals surface area contributed by atoms with Gasteiger partial charge in [0.2, 0.25) is 11.3 Å². The number of fused-ring (bicyclic) bond motifs is 1. The summed E-state index contributed by atoms with van der Waals surface area (Å²) in [5.74, 6) is -0.126. The van der Waals surface area contributed by atoms with Crippen LogP contribution in [0.2, 0.25) is 0 Å². The molecule has 4 rings (SSSR count). The molecule has 1 unspecified atom stereocenters. The van der Waals surface area contributed by atoms with Crippen LogP contribution < -0.4 is 10.7 Å². The zero-order valence-electron chi connectivity index (χ0n) is 17.2. The highest BCUT2D eigenvalue weighted by Gasteiger charge is 2.21. The Morgan fingerprint density at radius 3 is 2.50 bits per heavy atom. The maximum atomic E-state index is 12.9. The van der Waals surface area contributed by atoms with E-state index >= 15 is 0 Å². The number of nitrogens with zero attached hydrogens (tertiary/aromatic N) is 4. The van der Waals surface area contributed by atoms with Gasteiger partial charge in [-0.3, -0.25) is 19.2 Å². The third kappa shape index (κ3) is 4.75. The summed E-state index contributed by atoms with van der Waals surface area (Å²) in [4.78, 5) is 29.7. The van der Waals surface area contributed by atoms with Crippen molar-refractivity contribution in [1.29, 1.82) is 0 Å². The number of rotatable bonds is 6. The molecule has 7 heteroatoms. The van der Waals surface area contributed by atoms with Gasteiger partial charge in [0.25, 0.3) is 0 Å². The molecule has 1 fully saturated rings. The zero-order valence-corrected chi connectivity index (χ0v) is 17.2. The fourth-order valence-corrected chi connectivity index (χ4v) is 3.87. The predicted octanol–water partition coefficient (Wildman–Crippen LogP) is 1.50. The Hall–Kier alpha value is -3.03. The molecule has 0 aliphatic carbocycles. The van der Waals surface area contributed by atoms with Gasteiger partial charge >= 0.3 is 0 Å². The minimum absolute atomic E-state index is 0.0624. The quantitative estimate of drug-likeness (QED) is 0.673. The van der Waals surface area contributed by atoms with Crippen molar-refractivity contribution in [3.8, 4) is 0 Å². The molecule has 7 nitrogen and oxygen atoms in total. The van der Waals surface area contributed by atoms with Gasteiger partial charge in [0.1, 0.15) is 6.54 Å². The third-order valence-electron chi connectivity index (χ3n) is 5.63. The first-order chi connectivity index (χ1) is 14.6. The summed E-state index contributed by atoms with van der Waals surface area (Å²) in [6.45, 7) is 4.86. The van der Waals surface area contributed by atoms with E-state index < -0.39 is 0 Å². The molecule has 1 aliphatic rings. The average Bonchev–Trinajstić information content (AvgIpc) is 2.77. The molecule has 1 amide bonds. The van der Waals surface area contributed by atoms with Crippen LogP contribution in [0.5, 0.6) is 0 Å². The van der Waals surface area contributed by atoms with E-state index in [2.05, 4.69) is 27.3 Å². The van der Waals surface area contributed by atoms with E-state index in [1.807, 2.05) is 48.5 Å². The molecule has 0 radical (unpaired) electrons. The lowest BCUT2D eigenvalue weighted by molar-refractivity contribution is -0.122. The van der Waals surface area contributed by atoms with E-state index in [4.69, 9.17) is 0 Å². The van der Waals surface area contributed by atoms with E-state index in [-0.39, 0.29) is 23.9 Å². The van der Waals surface area contributed by atoms with Crippen molar-refractivity contribution in [2.75, 3.05) is 39.8 Å². The number of para-hydroxylation sites is 1. The molecule has 156 valence electrons. The third-order valence-corrected chi connectivity index (χ3v) is 5.63. The molecule has 3 aromatic rings. The van der Waals surface area contributed by atoms with Crippen molar-refractivity contribution < 1.29 is 4.79 Å². The van der Waals surface area contributed by atoms with Crippen LogP contribution in [0.3, 0.4) is 0 Å². The molecule has 30 heavy (non-hydrogen) atoms. The van der Waals surface area contributed by atoms with Crippen LogP contribution in [0.15, 0.2) is 65.6 Å². The Labute approximate surface area is 175 Å². The highest BCUT2D eigenvalue weighted by molar-refractivity contribution is 5.81. The van der Waals surface area contributed by atoms with Crippen molar-refractivity contribution >= 4 is 16.8 Å². The number of likely N-dealkylation sites (N-methyl/N-ethyl adjacent to an activating group) is 1. The number of piperazine rings is 1. The minimum Gasteiger partial charge on any atom is -0.346 e. The lowest BCUT2D eigenvalue weighted by Gasteiger charge is -2.35. The van der Waals surface area contributed by atoms with E-state index in [9.17, 15) is 9.59 Å². The largest absolute Gasteiger partial charge is 0.346 e. The number of hydrogen-bond donors (Lipinski definition) is 1. The van der Waals surface area contributed by atoms with E-state index in [1.54, 1.807) is 10.7 Å². The maximum Gasteiger partial charge on any atom is 0.242 e. The van der Waals surface area contributed by atoms with Gasteiger partial charge in [0.15, 0.2) is 0 Å². The number of carbonyl (C=O) groups excluding carboxylic acids is 1. The van der Waals surface area contributed by atoms with Crippen LogP contribution in [-0.4, -0.2) is 65.3 Å². The molecule has 2 heterocycles. The lowest BCUT2D eigenvalue weighted by Crippen LogP contribution is -2.48. The van der Waals surface area contributed by atoms with E-state index in [1.165, 1.54) is 6.20 Å². The number of hydrogen-bond acceptors (Lipinski definition) is 5. The Bertz CT molecular complexity index is 1060. The van der Waals surface area contributed by atoms with Gasteiger partial charge in [0, 0.05) is 38.1 Å². The maximum absolute atomic E-state index is 12.9. The zero-order chi connectivity index (χ0) is 20.9. The summed E-state index contributed by atoms with van der Waals surface area (Å²) in [5, 5.41) is 7.93. The van der Waals surface area contributed by atoms with Gasteiger partial charge in [-0.1, -0.05) is 42.5 Å². The van der Waals surface area contributed by atoms with Gasteiger partial charge in [0.05, 0.1) is 17.8 Å². The monoisotopic (exact) mass is 405 g/mol. The Kier molecular flexibility index (Phi) is 6.21. The first-order valence-electron chi connectivity index (χ1n) is 10.3. The molecule has 1 aromatic heterocycles. The second-order valence-corrected chi connectivity index (χ2v) is 7.82. The van der Waals surface area contributed by atoms with Gasteiger partial charge in [-0.25, -0.2) is 0 Å². The molecular formula is C23H27N5O2. The molecule has 1 atom stereocenters. The summed E-state index contributed by atoms with van der Waals surface area (Å²) < 4.78 is 1.59. The molecule has 1 saturated heterocycles. The summed E-state index contributed by atoms with van der Waals surface area (Å²) in [6, 6.07) is 17.2. The van der Waals surface area contributed by atoms with Gasteiger partial charge in [-0.2, -0.15) is 5.10 Å². The number of amides is 1. The highest BCUT2D eigenvalue weighted by atomic mass is 16.2. The molecular weight excluding hydrogens is 378 g/mol. The number of carbonyl (C=O) groups is 1. The Morgan fingerprint density at radius 2 is 1.73 bits per heavy atom. The van der Waals surface area contributed by atoms with Crippen LogP contribution in [0.25, 0.3) is 10.9 Å². The molecule has 0 spiro atoms. The van der Waals surface area contributed by atoms with E-state index in [0.29, 0.717) is 10.9 Å². The fraction of sp³-hybridized carbons (Fsp3) is 0.348. The average molecular weight is 406 g/mol. The van der Waals surface area contributed by atoms with Gasteiger partial charge < -0.3 is 10.2 Å². The van der Waals surface area contributed by atoms with Crippen LogP contribution in [0.1, 0.15) is 11.6 Å². The normalized spacial score (nSPS) is 16.4. The summed E-state index contributed by atoms with van der Waals surface area (Å²) >= 11 is 0. The van der Waals surface area contributed by atoms with Crippen molar-refractivity contribution in [3.05, 3.63) is 76.6 Å². The summed E-state index contributed by atoms with van der Waals surface area (Å²) in [7, 11) is 2.13. The van der Waals surface area contributed by atoms with Crippen molar-refractivity contribution in [3.63, 3.8) is 0 Å². The van der Waals surface area contributed by atoms with Crippen LogP contribution in [0.4, 0.5) is 0 Å². The predicted molar refractivity (Wildman–Crippen MR) is 117 cm³/mol. The fourth-order valence-electron chi connectivity index (χ4n) is 3.87. The van der Waals surface area contributed by atoms with Gasteiger partial charge in [-0.05, 0) is 24.7 Å². The molecule has 2 aromatic carbocycles. The first-order valence-corrected chi connectivity index (χ1v) is 10.3. The smallest absolute Gasteiger partial charge is 0.242 e. The minimum atomic E-state index is -0.139. The molecule has 0 saturated carbocycles. The highest BCUT2D eigenvalue weighted by Crippen LogP contribution is 2.16. The van der Waals surface area contributed by atoms with Crippen LogP contribution in [-0.2, 0) is 11.3 Å². The summed E-state index contributed by atoms with van der Waals surface area (Å²) in [6.07, 6.45) is 1.27. The van der Waals surface area contributed by atoms with E-state index in [0.717, 1.165) is 38.3 Å². The molecule has 1 aliphatic heterocycles. The first kappa shape index (κ1) is 20.3. The molecule has 1 N–H and O–H groups in total. The van der Waals surface area contributed by atoms with Crippen LogP contribution in [0, 0.1) is 0 Å². The Balaban J connectivity index is 1.51. The van der Waals surface area contributed by atoms with Crippen molar-refractivity contribution in [1.82, 2.24) is 24.9 Å². The Morgan fingerprint density at radius 1 is 1.03 bits per heavy atom.